The Morgan fingerprint density at radius 3 is 2.60 bits per heavy atom. The van der Waals surface area contributed by atoms with Gasteiger partial charge in [0, 0.05) is 12.6 Å². The number of rotatable bonds is 10. The normalized spacial score (nSPS) is 11.6. The summed E-state index contributed by atoms with van der Waals surface area (Å²) in [7, 11) is 0. The first-order valence-corrected chi connectivity index (χ1v) is 10.3. The van der Waals surface area contributed by atoms with Gasteiger partial charge >= 0.3 is 0 Å². The van der Waals surface area contributed by atoms with Crippen LogP contribution >= 0.6 is 23.2 Å². The number of amides is 1. The van der Waals surface area contributed by atoms with Gasteiger partial charge in [0.1, 0.15) is 5.02 Å². The fourth-order valence-electron chi connectivity index (χ4n) is 2.81. The molecule has 0 aromatic heterocycles. The second-order valence-corrected chi connectivity index (χ2v) is 7.61. The van der Waals surface area contributed by atoms with Crippen LogP contribution in [0, 0.1) is 0 Å². The van der Waals surface area contributed by atoms with Gasteiger partial charge < -0.3 is 26.6 Å². The van der Waals surface area contributed by atoms with E-state index in [1.807, 2.05) is 37.3 Å². The number of benzene rings is 2. The molecule has 30 heavy (non-hydrogen) atoms. The first-order chi connectivity index (χ1) is 14.3. The lowest BCUT2D eigenvalue weighted by Gasteiger charge is -2.17. The third-order valence-corrected chi connectivity index (χ3v) is 4.88. The summed E-state index contributed by atoms with van der Waals surface area (Å²) < 4.78 is 5.58. The molecule has 6 N–H and O–H groups in total. The Hall–Kier alpha value is -2.64. The molecule has 9 heteroatoms. The molecule has 0 bridgehead atoms. The van der Waals surface area contributed by atoms with Crippen molar-refractivity contribution in [2.45, 2.75) is 32.2 Å². The molecule has 2 rings (SSSR count). The number of carbonyl (C=O) groups is 1. The van der Waals surface area contributed by atoms with Crippen molar-refractivity contribution in [3.05, 3.63) is 57.6 Å². The van der Waals surface area contributed by atoms with E-state index in [4.69, 9.17) is 39.4 Å². The second-order valence-electron chi connectivity index (χ2n) is 6.82. The van der Waals surface area contributed by atoms with E-state index in [0.717, 1.165) is 5.56 Å². The Morgan fingerprint density at radius 1 is 1.23 bits per heavy atom. The number of aromatic hydroxyl groups is 1. The quantitative estimate of drug-likeness (QED) is 0.249. The van der Waals surface area contributed by atoms with Gasteiger partial charge in [-0.3, -0.25) is 9.79 Å². The van der Waals surface area contributed by atoms with E-state index in [2.05, 4.69) is 10.3 Å². The third-order valence-electron chi connectivity index (χ3n) is 4.25. The smallest absolute Gasteiger partial charge is 0.255 e. The highest BCUT2D eigenvalue weighted by molar-refractivity contribution is 6.39. The average Bonchev–Trinajstić information content (AvgIpc) is 2.69. The highest BCUT2D eigenvalue weighted by Gasteiger charge is 2.22. The van der Waals surface area contributed by atoms with Crippen molar-refractivity contribution in [2.24, 2.45) is 16.5 Å². The first kappa shape index (κ1) is 23.6. The molecule has 0 aliphatic heterocycles. The number of hydrogen-bond donors (Lipinski definition) is 4. The van der Waals surface area contributed by atoms with Gasteiger partial charge in [-0.1, -0.05) is 53.5 Å². The zero-order chi connectivity index (χ0) is 22.1. The highest BCUT2D eigenvalue weighted by Crippen LogP contribution is 2.42. The number of phenolic OH excluding ortho intramolecular Hbond substituents is 1. The minimum Gasteiger partial charge on any atom is -0.505 e. The van der Waals surface area contributed by atoms with E-state index in [1.165, 1.54) is 6.07 Å². The number of nitrogens with two attached hydrogens (primary N) is 2. The van der Waals surface area contributed by atoms with Crippen LogP contribution in [0.25, 0.3) is 0 Å². The molecule has 1 atom stereocenters. The van der Waals surface area contributed by atoms with Crippen LogP contribution < -0.4 is 21.5 Å². The molecule has 162 valence electrons. The highest BCUT2D eigenvalue weighted by atomic mass is 35.5. The topological polar surface area (TPSA) is 123 Å². The molecule has 0 radical (unpaired) electrons. The average molecular weight is 453 g/mol. The lowest BCUT2D eigenvalue weighted by atomic mass is 10.1. The minimum absolute atomic E-state index is 0.00924. The minimum atomic E-state index is -0.469. The largest absolute Gasteiger partial charge is 0.505 e. The predicted molar refractivity (Wildman–Crippen MR) is 121 cm³/mol. The monoisotopic (exact) mass is 452 g/mol. The molecule has 0 heterocycles. The number of ether oxygens (including phenoxy) is 1. The lowest BCUT2D eigenvalue weighted by molar-refractivity contribution is 0.0937. The maximum absolute atomic E-state index is 12.6. The summed E-state index contributed by atoms with van der Waals surface area (Å²) in [6.45, 7) is 2.67. The molecule has 0 saturated heterocycles. The molecule has 7 nitrogen and oxygen atoms in total. The SMILES string of the molecule is C[C@H](Cc1ccccc1)NC(=O)c1cc(Cl)c(OCCCCN=C(N)N)c(Cl)c1O. The van der Waals surface area contributed by atoms with Crippen LogP contribution in [-0.4, -0.2) is 36.2 Å². The van der Waals surface area contributed by atoms with Crippen molar-refractivity contribution in [3.8, 4) is 11.5 Å². The van der Waals surface area contributed by atoms with Crippen LogP contribution in [-0.2, 0) is 6.42 Å². The van der Waals surface area contributed by atoms with E-state index in [1.54, 1.807) is 0 Å². The Bertz CT molecular complexity index is 888. The van der Waals surface area contributed by atoms with E-state index < -0.39 is 5.91 Å². The number of nitrogens with one attached hydrogen (secondary N) is 1. The van der Waals surface area contributed by atoms with Gasteiger partial charge in [-0.05, 0) is 37.8 Å². The van der Waals surface area contributed by atoms with E-state index in [0.29, 0.717) is 32.4 Å². The summed E-state index contributed by atoms with van der Waals surface area (Å²) in [6.07, 6.45) is 2.01. The molecular weight excluding hydrogens is 427 g/mol. The van der Waals surface area contributed by atoms with E-state index in [-0.39, 0.29) is 39.1 Å². The Kier molecular flexibility index (Phi) is 9.08. The fourth-order valence-corrected chi connectivity index (χ4v) is 3.38. The number of unbranched alkanes of at least 4 members (excludes halogenated alkanes) is 1. The van der Waals surface area contributed by atoms with Crippen LogP contribution in [0.4, 0.5) is 0 Å². The predicted octanol–water partition coefficient (Wildman–Crippen LogP) is 3.49. The molecule has 2 aromatic rings. The van der Waals surface area contributed by atoms with Gasteiger partial charge in [0.2, 0.25) is 0 Å². The van der Waals surface area contributed by atoms with E-state index in [9.17, 15) is 9.90 Å². The maximum Gasteiger partial charge on any atom is 0.255 e. The van der Waals surface area contributed by atoms with Gasteiger partial charge in [0.15, 0.2) is 17.5 Å². The van der Waals surface area contributed by atoms with Gasteiger partial charge in [-0.25, -0.2) is 0 Å². The molecule has 0 aliphatic carbocycles. The van der Waals surface area contributed by atoms with E-state index >= 15 is 0 Å². The molecule has 0 unspecified atom stereocenters. The summed E-state index contributed by atoms with van der Waals surface area (Å²) in [5, 5.41) is 13.3. The van der Waals surface area contributed by atoms with Crippen molar-refractivity contribution in [1.82, 2.24) is 5.32 Å². The summed E-state index contributed by atoms with van der Waals surface area (Å²) >= 11 is 12.4. The maximum atomic E-state index is 12.6. The van der Waals surface area contributed by atoms with Gasteiger partial charge in [0.05, 0.1) is 17.2 Å². The van der Waals surface area contributed by atoms with Crippen LogP contribution in [0.3, 0.4) is 0 Å². The number of carbonyl (C=O) groups excluding carboxylic acids is 1. The molecule has 2 aromatic carbocycles. The van der Waals surface area contributed by atoms with Gasteiger partial charge in [0.25, 0.3) is 5.91 Å². The number of hydrogen-bond acceptors (Lipinski definition) is 4. The summed E-state index contributed by atoms with van der Waals surface area (Å²) in [4.78, 5) is 16.5. The molecular formula is C21H26Cl2N4O3. The summed E-state index contributed by atoms with van der Waals surface area (Å²) in [5.41, 5.74) is 11.6. The molecule has 0 fully saturated rings. The number of nitrogens with zero attached hydrogens (tertiary/aromatic N) is 1. The zero-order valence-corrected chi connectivity index (χ0v) is 18.2. The number of guanidine groups is 1. The van der Waals surface area contributed by atoms with Crippen molar-refractivity contribution in [3.63, 3.8) is 0 Å². The number of phenols is 1. The Morgan fingerprint density at radius 2 is 1.93 bits per heavy atom. The molecule has 1 amide bonds. The molecule has 0 spiro atoms. The molecule has 0 aliphatic rings. The van der Waals surface area contributed by atoms with Crippen LogP contribution in [0.15, 0.2) is 41.4 Å². The van der Waals surface area contributed by atoms with Crippen molar-refractivity contribution in [1.29, 1.82) is 0 Å². The summed E-state index contributed by atoms with van der Waals surface area (Å²) in [6, 6.07) is 11.0. The second kappa shape index (κ2) is 11.5. The molecule has 0 saturated carbocycles. The Labute approximate surface area is 186 Å². The van der Waals surface area contributed by atoms with Gasteiger partial charge in [-0.15, -0.1) is 0 Å². The van der Waals surface area contributed by atoms with Crippen LogP contribution in [0.5, 0.6) is 11.5 Å². The number of halogens is 2. The van der Waals surface area contributed by atoms with Gasteiger partial charge in [-0.2, -0.15) is 0 Å². The standard InChI is InChI=1S/C21H26Cl2N4O3/c1-13(11-14-7-3-2-4-8-14)27-20(29)15-12-16(22)19(17(23)18(15)28)30-10-6-5-9-26-21(24)25/h2-4,7-8,12-13,28H,5-6,9-11H2,1H3,(H,27,29)(H4,24,25,26)/t13-/m1/s1. The Balaban J connectivity index is 1.98. The van der Waals surface area contributed by atoms with Crippen molar-refractivity contribution in [2.75, 3.05) is 13.2 Å². The van der Waals surface area contributed by atoms with Crippen molar-refractivity contribution >= 4 is 35.1 Å². The lowest BCUT2D eigenvalue weighted by Crippen LogP contribution is -2.34. The summed E-state index contributed by atoms with van der Waals surface area (Å²) in [5.74, 6) is -0.671. The zero-order valence-electron chi connectivity index (χ0n) is 16.7. The third kappa shape index (κ3) is 7.00. The van der Waals surface area contributed by atoms with Crippen LogP contribution in [0.1, 0.15) is 35.7 Å². The first-order valence-electron chi connectivity index (χ1n) is 9.53. The van der Waals surface area contributed by atoms with Crippen molar-refractivity contribution < 1.29 is 14.6 Å². The van der Waals surface area contributed by atoms with Crippen LogP contribution in [0.2, 0.25) is 10.0 Å². The number of aliphatic imine (C=N–C) groups is 1. The fraction of sp³-hybridized carbons (Fsp3) is 0.333.